The van der Waals surface area contributed by atoms with E-state index in [2.05, 4.69) is 6.92 Å². The predicted molar refractivity (Wildman–Crippen MR) is 75.3 cm³/mol. The molecule has 104 valence electrons. The first-order chi connectivity index (χ1) is 9.04. The zero-order valence-electron chi connectivity index (χ0n) is 11.1. The van der Waals surface area contributed by atoms with Crippen LogP contribution in [-0.2, 0) is 0 Å². The Labute approximate surface area is 117 Å². The molecule has 1 saturated heterocycles. The normalized spacial score (nSPS) is 19.3. The second-order valence-electron chi connectivity index (χ2n) is 4.77. The molecule has 0 saturated carbocycles. The SMILES string of the molecule is COc1cc(Cl)c(N2CCCC[C@H]2C)c([N+](=O)[O-])c1. The molecule has 0 aromatic heterocycles. The van der Waals surface area contributed by atoms with Gasteiger partial charge in [0.25, 0.3) is 5.69 Å². The van der Waals surface area contributed by atoms with E-state index in [1.165, 1.54) is 13.2 Å². The highest BCUT2D eigenvalue weighted by atomic mass is 35.5. The Hall–Kier alpha value is -1.49. The summed E-state index contributed by atoms with van der Waals surface area (Å²) in [6.45, 7) is 2.87. The summed E-state index contributed by atoms with van der Waals surface area (Å²) >= 11 is 6.23. The van der Waals surface area contributed by atoms with E-state index in [-0.39, 0.29) is 11.7 Å². The molecule has 1 aliphatic heterocycles. The standard InChI is InChI=1S/C13H17ClN2O3/c1-9-5-3-4-6-15(9)13-11(14)7-10(19-2)8-12(13)16(17)18/h7-9H,3-6H2,1-2H3/t9-/m1/s1. The van der Waals surface area contributed by atoms with Crippen molar-refractivity contribution in [2.45, 2.75) is 32.2 Å². The molecule has 0 unspecified atom stereocenters. The van der Waals surface area contributed by atoms with Crippen LogP contribution in [0.15, 0.2) is 12.1 Å². The molecule has 1 fully saturated rings. The minimum atomic E-state index is -0.398. The van der Waals surface area contributed by atoms with Gasteiger partial charge >= 0.3 is 0 Å². The van der Waals surface area contributed by atoms with Gasteiger partial charge in [0.2, 0.25) is 0 Å². The summed E-state index contributed by atoms with van der Waals surface area (Å²) in [4.78, 5) is 12.9. The molecule has 0 amide bonds. The largest absolute Gasteiger partial charge is 0.496 e. The van der Waals surface area contributed by atoms with Crippen LogP contribution in [-0.4, -0.2) is 24.6 Å². The molecule has 1 heterocycles. The lowest BCUT2D eigenvalue weighted by molar-refractivity contribution is -0.384. The lowest BCUT2D eigenvalue weighted by Gasteiger charge is -2.35. The van der Waals surface area contributed by atoms with Gasteiger partial charge in [-0.3, -0.25) is 10.1 Å². The van der Waals surface area contributed by atoms with Crippen molar-refractivity contribution in [2.24, 2.45) is 0 Å². The van der Waals surface area contributed by atoms with E-state index in [0.29, 0.717) is 16.5 Å². The molecule has 2 rings (SSSR count). The number of rotatable bonds is 3. The summed E-state index contributed by atoms with van der Waals surface area (Å²) in [6, 6.07) is 3.33. The van der Waals surface area contributed by atoms with Crippen molar-refractivity contribution in [3.05, 3.63) is 27.3 Å². The number of halogens is 1. The summed E-state index contributed by atoms with van der Waals surface area (Å²) in [5.74, 6) is 0.408. The van der Waals surface area contributed by atoms with Crippen molar-refractivity contribution in [3.63, 3.8) is 0 Å². The second-order valence-corrected chi connectivity index (χ2v) is 5.18. The van der Waals surface area contributed by atoms with Crippen LogP contribution in [0.3, 0.4) is 0 Å². The van der Waals surface area contributed by atoms with Crippen LogP contribution < -0.4 is 9.64 Å². The third kappa shape index (κ3) is 2.76. The molecule has 0 spiro atoms. The Morgan fingerprint density at radius 2 is 2.21 bits per heavy atom. The molecular formula is C13H17ClN2O3. The van der Waals surface area contributed by atoms with Gasteiger partial charge in [-0.15, -0.1) is 0 Å². The fourth-order valence-corrected chi connectivity index (χ4v) is 2.84. The molecule has 19 heavy (non-hydrogen) atoms. The average Bonchev–Trinajstić information content (AvgIpc) is 2.38. The van der Waals surface area contributed by atoms with Gasteiger partial charge in [-0.1, -0.05) is 11.6 Å². The monoisotopic (exact) mass is 284 g/mol. The van der Waals surface area contributed by atoms with Crippen molar-refractivity contribution >= 4 is 23.0 Å². The molecule has 0 bridgehead atoms. The topological polar surface area (TPSA) is 55.6 Å². The Balaban J connectivity index is 2.51. The fourth-order valence-electron chi connectivity index (χ4n) is 2.53. The van der Waals surface area contributed by atoms with Gasteiger partial charge in [0.15, 0.2) is 0 Å². The molecule has 5 nitrogen and oxygen atoms in total. The van der Waals surface area contributed by atoms with Crippen LogP contribution in [0.5, 0.6) is 5.75 Å². The quantitative estimate of drug-likeness (QED) is 0.628. The first-order valence-electron chi connectivity index (χ1n) is 6.33. The maximum atomic E-state index is 11.3. The van der Waals surface area contributed by atoms with E-state index in [9.17, 15) is 10.1 Å². The molecule has 0 aliphatic carbocycles. The summed E-state index contributed by atoms with van der Waals surface area (Å²) in [5.41, 5.74) is 0.526. The van der Waals surface area contributed by atoms with Crippen LogP contribution in [0.1, 0.15) is 26.2 Å². The van der Waals surface area contributed by atoms with E-state index < -0.39 is 4.92 Å². The van der Waals surface area contributed by atoms with E-state index in [1.807, 2.05) is 4.90 Å². The lowest BCUT2D eigenvalue weighted by atomic mass is 10.0. The smallest absolute Gasteiger partial charge is 0.297 e. The van der Waals surface area contributed by atoms with Gasteiger partial charge < -0.3 is 9.64 Å². The Morgan fingerprint density at radius 3 is 2.79 bits per heavy atom. The molecule has 6 heteroatoms. The van der Waals surface area contributed by atoms with Gasteiger partial charge in [0.1, 0.15) is 11.4 Å². The van der Waals surface area contributed by atoms with Crippen molar-refractivity contribution in [1.29, 1.82) is 0 Å². The van der Waals surface area contributed by atoms with E-state index in [0.717, 1.165) is 25.8 Å². The van der Waals surface area contributed by atoms with Crippen molar-refractivity contribution in [2.75, 3.05) is 18.6 Å². The minimum Gasteiger partial charge on any atom is -0.496 e. The number of nitrogens with zero attached hydrogens (tertiary/aromatic N) is 2. The lowest BCUT2D eigenvalue weighted by Crippen LogP contribution is -2.38. The average molecular weight is 285 g/mol. The molecular weight excluding hydrogens is 268 g/mol. The van der Waals surface area contributed by atoms with Crippen LogP contribution in [0.4, 0.5) is 11.4 Å². The van der Waals surface area contributed by atoms with Gasteiger partial charge in [-0.05, 0) is 26.2 Å². The maximum Gasteiger partial charge on any atom is 0.297 e. The first kappa shape index (κ1) is 13.9. The highest BCUT2D eigenvalue weighted by molar-refractivity contribution is 6.34. The summed E-state index contributed by atoms with van der Waals surface area (Å²) < 4.78 is 5.05. The number of methoxy groups -OCH3 is 1. The van der Waals surface area contributed by atoms with Crippen LogP contribution in [0.25, 0.3) is 0 Å². The number of anilines is 1. The fraction of sp³-hybridized carbons (Fsp3) is 0.538. The molecule has 0 N–H and O–H groups in total. The predicted octanol–water partition coefficient (Wildman–Crippen LogP) is 3.64. The number of nitro benzene ring substituents is 1. The van der Waals surface area contributed by atoms with Crippen molar-refractivity contribution in [3.8, 4) is 5.75 Å². The molecule has 1 aliphatic rings. The maximum absolute atomic E-state index is 11.3. The number of hydrogen-bond acceptors (Lipinski definition) is 4. The summed E-state index contributed by atoms with van der Waals surface area (Å²) in [5, 5.41) is 11.6. The van der Waals surface area contributed by atoms with Gasteiger partial charge in [-0.25, -0.2) is 0 Å². The second kappa shape index (κ2) is 5.65. The third-order valence-corrected chi connectivity index (χ3v) is 3.83. The number of nitro groups is 1. The zero-order chi connectivity index (χ0) is 14.0. The van der Waals surface area contributed by atoms with E-state index in [4.69, 9.17) is 16.3 Å². The Morgan fingerprint density at radius 1 is 1.47 bits per heavy atom. The van der Waals surface area contributed by atoms with Crippen LogP contribution >= 0.6 is 11.6 Å². The zero-order valence-corrected chi connectivity index (χ0v) is 11.8. The molecule has 0 radical (unpaired) electrons. The summed E-state index contributed by atoms with van der Waals surface area (Å²) in [7, 11) is 1.47. The molecule has 1 atom stereocenters. The van der Waals surface area contributed by atoms with Crippen LogP contribution in [0, 0.1) is 10.1 Å². The summed E-state index contributed by atoms with van der Waals surface area (Å²) in [6.07, 6.45) is 3.21. The highest BCUT2D eigenvalue weighted by Crippen LogP contribution is 2.41. The van der Waals surface area contributed by atoms with E-state index in [1.54, 1.807) is 6.07 Å². The van der Waals surface area contributed by atoms with Crippen LogP contribution in [0.2, 0.25) is 5.02 Å². The van der Waals surface area contributed by atoms with E-state index >= 15 is 0 Å². The number of ether oxygens (including phenoxy) is 1. The number of benzene rings is 1. The molecule has 1 aromatic rings. The third-order valence-electron chi connectivity index (χ3n) is 3.54. The number of hydrogen-bond donors (Lipinski definition) is 0. The first-order valence-corrected chi connectivity index (χ1v) is 6.71. The van der Waals surface area contributed by atoms with Crippen molar-refractivity contribution in [1.82, 2.24) is 0 Å². The van der Waals surface area contributed by atoms with Gasteiger partial charge in [0, 0.05) is 18.7 Å². The van der Waals surface area contributed by atoms with Gasteiger partial charge in [-0.2, -0.15) is 0 Å². The minimum absolute atomic E-state index is 0.0121. The highest BCUT2D eigenvalue weighted by Gasteiger charge is 2.28. The van der Waals surface area contributed by atoms with Gasteiger partial charge in [0.05, 0.1) is 23.1 Å². The molecule has 1 aromatic carbocycles. The Kier molecular flexibility index (Phi) is 4.14. The van der Waals surface area contributed by atoms with Crippen molar-refractivity contribution < 1.29 is 9.66 Å². The Bertz CT molecular complexity index is 493. The number of piperidine rings is 1.